The molecule has 1 aromatic rings. The molecule has 120 valence electrons. The monoisotopic (exact) mass is 380 g/mol. The SMILES string of the molecule is CC(N)C(C)C(=O)NCC(O)COc1ccccc1Br.Cl. The van der Waals surface area contributed by atoms with Gasteiger partial charge in [0.1, 0.15) is 18.5 Å². The lowest BCUT2D eigenvalue weighted by atomic mass is 10.0. The van der Waals surface area contributed by atoms with Gasteiger partial charge in [-0.1, -0.05) is 19.1 Å². The van der Waals surface area contributed by atoms with Crippen molar-refractivity contribution in [2.45, 2.75) is 26.0 Å². The maximum absolute atomic E-state index is 11.7. The van der Waals surface area contributed by atoms with Crippen molar-refractivity contribution in [1.29, 1.82) is 0 Å². The van der Waals surface area contributed by atoms with Gasteiger partial charge in [0.05, 0.1) is 4.47 Å². The number of carbonyl (C=O) groups excluding carboxylic acids is 1. The molecule has 0 saturated heterocycles. The number of aliphatic hydroxyl groups is 1. The molecular formula is C14H22BrClN2O3. The van der Waals surface area contributed by atoms with Crippen molar-refractivity contribution >= 4 is 34.2 Å². The average molecular weight is 382 g/mol. The molecule has 4 N–H and O–H groups in total. The molecule has 1 amide bonds. The first-order chi connectivity index (χ1) is 9.41. The molecule has 0 aliphatic rings. The van der Waals surface area contributed by atoms with Gasteiger partial charge in [0.2, 0.25) is 5.91 Å². The van der Waals surface area contributed by atoms with Gasteiger partial charge in [0.25, 0.3) is 0 Å². The van der Waals surface area contributed by atoms with Gasteiger partial charge in [-0.2, -0.15) is 0 Å². The van der Waals surface area contributed by atoms with Crippen LogP contribution < -0.4 is 15.8 Å². The van der Waals surface area contributed by atoms with Crippen molar-refractivity contribution in [3.05, 3.63) is 28.7 Å². The van der Waals surface area contributed by atoms with E-state index in [9.17, 15) is 9.90 Å². The molecule has 0 radical (unpaired) electrons. The highest BCUT2D eigenvalue weighted by Crippen LogP contribution is 2.23. The maximum Gasteiger partial charge on any atom is 0.224 e. The standard InChI is InChI=1S/C14H21BrN2O3.ClH/c1-9(10(2)16)14(19)17-7-11(18)8-20-13-6-4-3-5-12(13)15;/h3-6,9-11,18H,7-8,16H2,1-2H3,(H,17,19);1H. The molecule has 0 heterocycles. The van der Waals surface area contributed by atoms with E-state index in [0.29, 0.717) is 5.75 Å². The summed E-state index contributed by atoms with van der Waals surface area (Å²) in [6.07, 6.45) is -0.772. The van der Waals surface area contributed by atoms with Gasteiger partial charge >= 0.3 is 0 Å². The second-order valence-corrected chi connectivity index (χ2v) is 5.64. The van der Waals surface area contributed by atoms with Crippen LogP contribution in [0.15, 0.2) is 28.7 Å². The topological polar surface area (TPSA) is 84.6 Å². The number of benzene rings is 1. The van der Waals surface area contributed by atoms with Crippen molar-refractivity contribution in [2.24, 2.45) is 11.7 Å². The van der Waals surface area contributed by atoms with Gasteiger partial charge in [0, 0.05) is 18.5 Å². The molecule has 0 spiro atoms. The lowest BCUT2D eigenvalue weighted by Gasteiger charge is -2.18. The Morgan fingerprint density at radius 3 is 2.62 bits per heavy atom. The number of aliphatic hydroxyl groups excluding tert-OH is 1. The number of nitrogens with two attached hydrogens (primary N) is 1. The van der Waals surface area contributed by atoms with Crippen LogP contribution in [0.2, 0.25) is 0 Å². The fourth-order valence-corrected chi connectivity index (χ4v) is 1.82. The van der Waals surface area contributed by atoms with Crippen LogP contribution in [0.3, 0.4) is 0 Å². The normalized spacial score (nSPS) is 14.5. The Morgan fingerprint density at radius 1 is 1.43 bits per heavy atom. The Bertz CT molecular complexity index is 446. The number of halogens is 2. The molecule has 5 nitrogen and oxygen atoms in total. The number of nitrogens with one attached hydrogen (secondary N) is 1. The van der Waals surface area contributed by atoms with Gasteiger partial charge < -0.3 is 20.9 Å². The fraction of sp³-hybridized carbons (Fsp3) is 0.500. The molecule has 7 heteroatoms. The van der Waals surface area contributed by atoms with Gasteiger partial charge in [0.15, 0.2) is 0 Å². The highest BCUT2D eigenvalue weighted by molar-refractivity contribution is 9.10. The van der Waals surface area contributed by atoms with Crippen LogP contribution in [0.5, 0.6) is 5.75 Å². The molecular weight excluding hydrogens is 360 g/mol. The Morgan fingerprint density at radius 2 is 2.05 bits per heavy atom. The molecule has 1 aromatic carbocycles. The number of hydrogen-bond donors (Lipinski definition) is 3. The molecule has 3 unspecified atom stereocenters. The summed E-state index contributed by atoms with van der Waals surface area (Å²) >= 11 is 3.35. The van der Waals surface area contributed by atoms with E-state index < -0.39 is 6.10 Å². The van der Waals surface area contributed by atoms with E-state index in [1.54, 1.807) is 19.9 Å². The van der Waals surface area contributed by atoms with E-state index in [1.165, 1.54) is 0 Å². The first-order valence-corrected chi connectivity index (χ1v) is 7.29. The lowest BCUT2D eigenvalue weighted by molar-refractivity contribution is -0.125. The maximum atomic E-state index is 11.7. The molecule has 0 bridgehead atoms. The van der Waals surface area contributed by atoms with Crippen LogP contribution >= 0.6 is 28.3 Å². The number of ether oxygens (including phenoxy) is 1. The molecule has 21 heavy (non-hydrogen) atoms. The highest BCUT2D eigenvalue weighted by atomic mass is 79.9. The van der Waals surface area contributed by atoms with Crippen LogP contribution in [0.4, 0.5) is 0 Å². The smallest absolute Gasteiger partial charge is 0.224 e. The minimum absolute atomic E-state index is 0. The first kappa shape index (κ1) is 20.2. The summed E-state index contributed by atoms with van der Waals surface area (Å²) in [5.41, 5.74) is 5.64. The summed E-state index contributed by atoms with van der Waals surface area (Å²) in [7, 11) is 0. The fourth-order valence-electron chi connectivity index (χ4n) is 1.42. The molecule has 3 atom stereocenters. The summed E-state index contributed by atoms with van der Waals surface area (Å²) in [6, 6.07) is 7.16. The van der Waals surface area contributed by atoms with Gasteiger partial charge in [-0.3, -0.25) is 4.79 Å². The van der Waals surface area contributed by atoms with E-state index in [2.05, 4.69) is 21.2 Å². The van der Waals surface area contributed by atoms with E-state index >= 15 is 0 Å². The van der Waals surface area contributed by atoms with Crippen molar-refractivity contribution in [1.82, 2.24) is 5.32 Å². The summed E-state index contributed by atoms with van der Waals surface area (Å²) in [5, 5.41) is 12.4. The largest absolute Gasteiger partial charge is 0.490 e. The third kappa shape index (κ3) is 7.13. The number of carbonyl (C=O) groups is 1. The number of para-hydroxylation sites is 1. The predicted octanol–water partition coefficient (Wildman–Crippen LogP) is 1.71. The Hall–Kier alpha value is -0.820. The molecule has 0 aliphatic carbocycles. The van der Waals surface area contributed by atoms with E-state index in [1.807, 2.05) is 18.2 Å². The number of amides is 1. The Balaban J connectivity index is 0.00000400. The van der Waals surface area contributed by atoms with Crippen LogP contribution in [0.25, 0.3) is 0 Å². The first-order valence-electron chi connectivity index (χ1n) is 6.50. The van der Waals surface area contributed by atoms with Crippen molar-refractivity contribution < 1.29 is 14.6 Å². The molecule has 1 rings (SSSR count). The number of rotatable bonds is 7. The molecule has 0 aromatic heterocycles. The zero-order valence-corrected chi connectivity index (χ0v) is 14.5. The van der Waals surface area contributed by atoms with Crippen LogP contribution in [0, 0.1) is 5.92 Å². The highest BCUT2D eigenvalue weighted by Gasteiger charge is 2.17. The van der Waals surface area contributed by atoms with Crippen LogP contribution in [-0.4, -0.2) is 36.3 Å². The summed E-state index contributed by atoms with van der Waals surface area (Å²) in [4.78, 5) is 11.7. The molecule has 0 fully saturated rings. The Kier molecular flexibility index (Phi) is 9.61. The second kappa shape index (κ2) is 10.00. The van der Waals surface area contributed by atoms with E-state index in [4.69, 9.17) is 10.5 Å². The third-order valence-corrected chi connectivity index (χ3v) is 3.64. The quantitative estimate of drug-likeness (QED) is 0.671. The molecule has 0 aliphatic heterocycles. The van der Waals surface area contributed by atoms with Gasteiger partial charge in [-0.15, -0.1) is 12.4 Å². The zero-order valence-electron chi connectivity index (χ0n) is 12.1. The minimum atomic E-state index is -0.772. The number of hydrogen-bond acceptors (Lipinski definition) is 4. The lowest BCUT2D eigenvalue weighted by Crippen LogP contribution is -2.42. The predicted molar refractivity (Wildman–Crippen MR) is 88.7 cm³/mol. The second-order valence-electron chi connectivity index (χ2n) is 4.79. The van der Waals surface area contributed by atoms with Crippen molar-refractivity contribution in [3.63, 3.8) is 0 Å². The van der Waals surface area contributed by atoms with Gasteiger partial charge in [-0.05, 0) is 35.0 Å². The molecule has 0 saturated carbocycles. The average Bonchev–Trinajstić information content (AvgIpc) is 2.42. The summed E-state index contributed by atoms with van der Waals surface area (Å²) in [5.74, 6) is 0.202. The van der Waals surface area contributed by atoms with Crippen molar-refractivity contribution in [3.8, 4) is 5.75 Å². The summed E-state index contributed by atoms with van der Waals surface area (Å²) < 4.78 is 6.29. The Labute approximate surface area is 139 Å². The summed E-state index contributed by atoms with van der Waals surface area (Å²) in [6.45, 7) is 3.77. The van der Waals surface area contributed by atoms with Crippen LogP contribution in [-0.2, 0) is 4.79 Å². The third-order valence-electron chi connectivity index (χ3n) is 2.98. The van der Waals surface area contributed by atoms with Crippen LogP contribution in [0.1, 0.15) is 13.8 Å². The van der Waals surface area contributed by atoms with E-state index in [-0.39, 0.29) is 43.4 Å². The van der Waals surface area contributed by atoms with Crippen molar-refractivity contribution in [2.75, 3.05) is 13.2 Å². The zero-order chi connectivity index (χ0) is 15.1. The van der Waals surface area contributed by atoms with Gasteiger partial charge in [-0.25, -0.2) is 0 Å². The minimum Gasteiger partial charge on any atom is -0.490 e. The van der Waals surface area contributed by atoms with E-state index in [0.717, 1.165) is 4.47 Å².